The molecule has 5 heteroatoms. The molecule has 1 fully saturated rings. The number of nitrogens with zero attached hydrogens (tertiary/aromatic N) is 1. The lowest BCUT2D eigenvalue weighted by atomic mass is 10.1. The maximum Gasteiger partial charge on any atom is 0.307 e. The minimum Gasteiger partial charge on any atom is -0.466 e. The molecular weight excluding hydrogens is 310 g/mol. The van der Waals surface area contributed by atoms with E-state index in [1.54, 1.807) is 11.3 Å². The van der Waals surface area contributed by atoms with Crippen LogP contribution in [0.15, 0.2) is 17.5 Å². The molecule has 0 spiro atoms. The van der Waals surface area contributed by atoms with Crippen LogP contribution in [-0.2, 0) is 20.7 Å². The van der Waals surface area contributed by atoms with Crippen LogP contribution in [0.1, 0.15) is 56.7 Å². The third-order valence-corrected chi connectivity index (χ3v) is 5.23. The Morgan fingerprint density at radius 3 is 2.61 bits per heavy atom. The van der Waals surface area contributed by atoms with E-state index in [0.717, 1.165) is 17.7 Å². The summed E-state index contributed by atoms with van der Waals surface area (Å²) < 4.78 is 5.02. The van der Waals surface area contributed by atoms with Crippen LogP contribution in [0.5, 0.6) is 0 Å². The molecule has 0 aliphatic heterocycles. The summed E-state index contributed by atoms with van der Waals surface area (Å²) in [5.74, 6) is -0.0707. The highest BCUT2D eigenvalue weighted by Gasteiger charge is 2.25. The van der Waals surface area contributed by atoms with Crippen LogP contribution in [0.4, 0.5) is 0 Å². The fraction of sp³-hybridized carbons (Fsp3) is 0.667. The number of hydrogen-bond acceptors (Lipinski definition) is 4. The molecule has 1 aliphatic rings. The van der Waals surface area contributed by atoms with E-state index in [2.05, 4.69) is 0 Å². The average molecular weight is 337 g/mol. The van der Waals surface area contributed by atoms with Crippen LogP contribution < -0.4 is 0 Å². The molecule has 4 nitrogen and oxygen atoms in total. The summed E-state index contributed by atoms with van der Waals surface area (Å²) in [4.78, 5) is 27.5. The van der Waals surface area contributed by atoms with Gasteiger partial charge in [0, 0.05) is 17.5 Å². The second kappa shape index (κ2) is 9.71. The smallest absolute Gasteiger partial charge is 0.307 e. The van der Waals surface area contributed by atoms with Gasteiger partial charge in [0.2, 0.25) is 5.91 Å². The van der Waals surface area contributed by atoms with E-state index in [1.165, 1.54) is 25.7 Å². The van der Waals surface area contributed by atoms with Gasteiger partial charge in [-0.05, 0) is 31.2 Å². The van der Waals surface area contributed by atoms with Crippen molar-refractivity contribution in [3.05, 3.63) is 22.4 Å². The van der Waals surface area contributed by atoms with Gasteiger partial charge in [0.1, 0.15) is 0 Å². The lowest BCUT2D eigenvalue weighted by Crippen LogP contribution is -2.42. The molecule has 0 N–H and O–H groups in total. The molecule has 0 radical (unpaired) electrons. The first-order valence-corrected chi connectivity index (χ1v) is 9.56. The second-order valence-corrected chi connectivity index (χ2v) is 7.08. The van der Waals surface area contributed by atoms with Crippen LogP contribution in [0.3, 0.4) is 0 Å². The lowest BCUT2D eigenvalue weighted by molar-refractivity contribution is -0.144. The van der Waals surface area contributed by atoms with Gasteiger partial charge in [0.15, 0.2) is 0 Å². The Labute approximate surface area is 142 Å². The van der Waals surface area contributed by atoms with E-state index in [4.69, 9.17) is 4.74 Å². The van der Waals surface area contributed by atoms with Crippen molar-refractivity contribution in [3.8, 4) is 0 Å². The van der Waals surface area contributed by atoms with E-state index in [1.807, 2.05) is 29.3 Å². The van der Waals surface area contributed by atoms with Crippen molar-refractivity contribution in [1.82, 2.24) is 4.90 Å². The Hall–Kier alpha value is -1.36. The summed E-state index contributed by atoms with van der Waals surface area (Å²) in [6.07, 6.45) is 7.69. The zero-order valence-corrected chi connectivity index (χ0v) is 14.8. The number of amides is 1. The van der Waals surface area contributed by atoms with Crippen molar-refractivity contribution < 1.29 is 14.3 Å². The largest absolute Gasteiger partial charge is 0.466 e. The van der Waals surface area contributed by atoms with Crippen LogP contribution in [0, 0.1) is 0 Å². The number of carbonyl (C=O) groups excluding carboxylic acids is 2. The predicted octanol–water partition coefficient (Wildman–Crippen LogP) is 3.80. The summed E-state index contributed by atoms with van der Waals surface area (Å²) in [5.41, 5.74) is 0. The van der Waals surface area contributed by atoms with E-state index in [-0.39, 0.29) is 17.9 Å². The van der Waals surface area contributed by atoms with Gasteiger partial charge >= 0.3 is 5.97 Å². The number of ether oxygens (including phenoxy) is 1. The van der Waals surface area contributed by atoms with Crippen molar-refractivity contribution >= 4 is 23.2 Å². The first kappa shape index (κ1) is 18.0. The zero-order valence-electron chi connectivity index (χ0n) is 14.0. The number of esters is 1. The zero-order chi connectivity index (χ0) is 16.5. The Bertz CT molecular complexity index is 478. The van der Waals surface area contributed by atoms with Crippen molar-refractivity contribution in [2.24, 2.45) is 0 Å². The maximum atomic E-state index is 12.8. The average Bonchev–Trinajstić information content (AvgIpc) is 2.89. The number of hydrogen-bond donors (Lipinski definition) is 0. The fourth-order valence-corrected chi connectivity index (χ4v) is 3.88. The molecule has 0 unspecified atom stereocenters. The summed E-state index contributed by atoms with van der Waals surface area (Å²) >= 11 is 1.61. The Morgan fingerprint density at radius 2 is 2.00 bits per heavy atom. The summed E-state index contributed by atoms with van der Waals surface area (Å²) in [6, 6.07) is 4.25. The lowest BCUT2D eigenvalue weighted by Gasteiger charge is -2.31. The standard InChI is InChI=1S/C18H27NO3S/c1-2-22-18(21)11-12-19(15-8-5-3-4-6-9-15)17(20)14-16-10-7-13-23-16/h7,10,13,15H,2-6,8-9,11-12,14H2,1H3. The molecular formula is C18H27NO3S. The SMILES string of the molecule is CCOC(=O)CCN(C(=O)Cc1cccs1)C1CCCCCC1. The van der Waals surface area contributed by atoms with E-state index >= 15 is 0 Å². The normalized spacial score (nSPS) is 15.9. The van der Waals surface area contributed by atoms with Gasteiger partial charge in [0.05, 0.1) is 19.4 Å². The van der Waals surface area contributed by atoms with E-state index in [9.17, 15) is 9.59 Å². The quantitative estimate of drug-likeness (QED) is 0.562. The second-order valence-electron chi connectivity index (χ2n) is 6.04. The highest BCUT2D eigenvalue weighted by Crippen LogP contribution is 2.23. The fourth-order valence-electron chi connectivity index (χ4n) is 3.19. The summed E-state index contributed by atoms with van der Waals surface area (Å²) in [6.45, 7) is 2.68. The number of carbonyl (C=O) groups is 2. The third-order valence-electron chi connectivity index (χ3n) is 4.35. The molecule has 0 bridgehead atoms. The first-order chi connectivity index (χ1) is 11.2. The van der Waals surface area contributed by atoms with Gasteiger partial charge in [-0.25, -0.2) is 0 Å². The van der Waals surface area contributed by atoms with Crippen LogP contribution >= 0.6 is 11.3 Å². The molecule has 1 aromatic rings. The Morgan fingerprint density at radius 1 is 1.26 bits per heavy atom. The topological polar surface area (TPSA) is 46.6 Å². The molecule has 1 aromatic heterocycles. The van der Waals surface area contributed by atoms with E-state index < -0.39 is 0 Å². The molecule has 0 aromatic carbocycles. The maximum absolute atomic E-state index is 12.8. The molecule has 0 saturated heterocycles. The molecule has 1 heterocycles. The molecule has 1 saturated carbocycles. The molecule has 2 rings (SSSR count). The monoisotopic (exact) mass is 337 g/mol. The van der Waals surface area contributed by atoms with Crippen molar-refractivity contribution in [2.75, 3.05) is 13.2 Å². The van der Waals surface area contributed by atoms with Crippen molar-refractivity contribution in [3.63, 3.8) is 0 Å². The molecule has 128 valence electrons. The predicted molar refractivity (Wildman–Crippen MR) is 92.5 cm³/mol. The number of rotatable bonds is 7. The summed E-state index contributed by atoms with van der Waals surface area (Å²) in [5, 5.41) is 2.00. The first-order valence-electron chi connectivity index (χ1n) is 8.68. The van der Waals surface area contributed by atoms with Crippen LogP contribution in [0.25, 0.3) is 0 Å². The minimum atomic E-state index is -0.213. The van der Waals surface area contributed by atoms with E-state index in [0.29, 0.717) is 26.0 Å². The van der Waals surface area contributed by atoms with Crippen LogP contribution in [0.2, 0.25) is 0 Å². The number of thiophene rings is 1. The minimum absolute atomic E-state index is 0.142. The van der Waals surface area contributed by atoms with Gasteiger partial charge in [0.25, 0.3) is 0 Å². The van der Waals surface area contributed by atoms with Crippen molar-refractivity contribution in [1.29, 1.82) is 0 Å². The van der Waals surface area contributed by atoms with Gasteiger partial charge in [-0.1, -0.05) is 31.7 Å². The van der Waals surface area contributed by atoms with Crippen LogP contribution in [-0.4, -0.2) is 36.0 Å². The highest BCUT2D eigenvalue weighted by molar-refractivity contribution is 7.10. The van der Waals surface area contributed by atoms with Gasteiger partial charge < -0.3 is 9.64 Å². The highest BCUT2D eigenvalue weighted by atomic mass is 32.1. The van der Waals surface area contributed by atoms with Crippen molar-refractivity contribution in [2.45, 2.75) is 64.3 Å². The molecule has 1 aliphatic carbocycles. The Balaban J connectivity index is 1.99. The molecule has 23 heavy (non-hydrogen) atoms. The van der Waals surface area contributed by atoms with Gasteiger partial charge in [-0.15, -0.1) is 11.3 Å². The molecule has 0 atom stereocenters. The Kier molecular flexibility index (Phi) is 7.59. The third kappa shape index (κ3) is 5.98. The van der Waals surface area contributed by atoms with Gasteiger partial charge in [-0.3, -0.25) is 9.59 Å². The summed E-state index contributed by atoms with van der Waals surface area (Å²) in [7, 11) is 0. The van der Waals surface area contributed by atoms with Gasteiger partial charge in [-0.2, -0.15) is 0 Å². The molecule has 1 amide bonds.